The Morgan fingerprint density at radius 2 is 2.12 bits per heavy atom. The minimum atomic E-state index is 0. The molecule has 1 amide bonds. The van der Waals surface area contributed by atoms with Gasteiger partial charge in [0.2, 0.25) is 5.91 Å². The SMILES string of the molecule is C.CNC(=O)C1CN(Cc2ccc(OCC3=C=C(C#N)C3)cc2)C1.[HH]. The van der Waals surface area contributed by atoms with E-state index in [1.807, 2.05) is 24.3 Å². The summed E-state index contributed by atoms with van der Waals surface area (Å²) in [5.74, 6) is 1.08. The third-order valence-electron chi connectivity index (χ3n) is 4.17. The average molecular weight is 327 g/mol. The largest absolute Gasteiger partial charge is 0.489 e. The van der Waals surface area contributed by atoms with E-state index < -0.39 is 0 Å². The standard InChI is InChI=1S/C18H19N3O2.CH4.H2/c1-20-18(22)16-10-21(11-16)9-13-2-4-17(5-3-13)23-12-15-6-14(7-15)8-19;;/h2-5,16H,6,9-12H2,1H3,(H,20,22);1H4;1H. The molecule has 0 spiro atoms. The van der Waals surface area contributed by atoms with Crippen molar-refractivity contribution in [2.45, 2.75) is 20.4 Å². The molecule has 0 atom stereocenters. The molecular formula is C19H25N3O2. The van der Waals surface area contributed by atoms with Crippen molar-refractivity contribution < 1.29 is 11.0 Å². The molecule has 0 saturated carbocycles. The molecule has 1 aliphatic carbocycles. The molecule has 1 fully saturated rings. The van der Waals surface area contributed by atoms with Gasteiger partial charge in [0.05, 0.1) is 11.5 Å². The van der Waals surface area contributed by atoms with E-state index in [9.17, 15) is 4.79 Å². The lowest BCUT2D eigenvalue weighted by atomic mass is 9.98. The fourth-order valence-corrected chi connectivity index (χ4v) is 2.75. The molecule has 1 aliphatic heterocycles. The molecule has 2 aliphatic rings. The first-order chi connectivity index (χ1) is 11.2. The van der Waals surface area contributed by atoms with Crippen molar-refractivity contribution in [3.63, 3.8) is 0 Å². The Morgan fingerprint density at radius 3 is 2.71 bits per heavy atom. The first-order valence-corrected chi connectivity index (χ1v) is 7.71. The average Bonchev–Trinajstić information content (AvgIpc) is 2.50. The van der Waals surface area contributed by atoms with E-state index in [1.165, 1.54) is 5.56 Å². The number of likely N-dealkylation sites (tertiary alicyclic amines) is 1. The summed E-state index contributed by atoms with van der Waals surface area (Å²) in [6, 6.07) is 10.1. The van der Waals surface area contributed by atoms with Gasteiger partial charge >= 0.3 is 0 Å². The minimum absolute atomic E-state index is 0. The van der Waals surface area contributed by atoms with Gasteiger partial charge in [0, 0.05) is 40.1 Å². The fourth-order valence-electron chi connectivity index (χ4n) is 2.75. The van der Waals surface area contributed by atoms with Crippen molar-refractivity contribution in [3.8, 4) is 11.8 Å². The normalized spacial score (nSPS) is 16.5. The van der Waals surface area contributed by atoms with Crippen LogP contribution in [0.4, 0.5) is 0 Å². The van der Waals surface area contributed by atoms with Crippen LogP contribution in [0.3, 0.4) is 0 Å². The quantitative estimate of drug-likeness (QED) is 0.815. The van der Waals surface area contributed by atoms with Crippen molar-refractivity contribution in [3.05, 3.63) is 46.7 Å². The van der Waals surface area contributed by atoms with Gasteiger partial charge in [-0.1, -0.05) is 19.6 Å². The van der Waals surface area contributed by atoms with Crippen LogP contribution in [0, 0.1) is 17.2 Å². The fraction of sp³-hybridized carbons (Fsp3) is 0.421. The highest BCUT2D eigenvalue weighted by Gasteiger charge is 2.31. The molecule has 1 heterocycles. The highest BCUT2D eigenvalue weighted by Crippen LogP contribution is 2.22. The molecule has 128 valence electrons. The number of benzene rings is 1. The molecule has 0 radical (unpaired) electrons. The van der Waals surface area contributed by atoms with Crippen LogP contribution in [-0.2, 0) is 11.3 Å². The Balaban J connectivity index is 0.00000156. The molecule has 0 bridgehead atoms. The lowest BCUT2D eigenvalue weighted by Gasteiger charge is -2.38. The highest BCUT2D eigenvalue weighted by molar-refractivity contribution is 5.79. The molecule has 5 heteroatoms. The summed E-state index contributed by atoms with van der Waals surface area (Å²) in [5.41, 5.74) is 5.92. The molecule has 1 aromatic rings. The van der Waals surface area contributed by atoms with Gasteiger partial charge in [0.25, 0.3) is 0 Å². The Morgan fingerprint density at radius 1 is 1.46 bits per heavy atom. The minimum Gasteiger partial charge on any atom is -0.489 e. The van der Waals surface area contributed by atoms with E-state index in [0.717, 1.165) is 31.0 Å². The number of carbonyl (C=O) groups excluding carboxylic acids is 1. The van der Waals surface area contributed by atoms with Crippen LogP contribution >= 0.6 is 0 Å². The predicted molar refractivity (Wildman–Crippen MR) is 94.4 cm³/mol. The molecule has 3 rings (SSSR count). The molecule has 1 saturated heterocycles. The van der Waals surface area contributed by atoms with E-state index in [0.29, 0.717) is 18.6 Å². The van der Waals surface area contributed by atoms with Gasteiger partial charge in [-0.25, -0.2) is 0 Å². The lowest BCUT2D eigenvalue weighted by Crippen LogP contribution is -2.52. The number of nitrogens with one attached hydrogen (secondary N) is 1. The summed E-state index contributed by atoms with van der Waals surface area (Å²) in [5, 5.41) is 11.3. The zero-order chi connectivity index (χ0) is 16.2. The summed E-state index contributed by atoms with van der Waals surface area (Å²) in [6.45, 7) is 2.98. The number of hydrogen-bond acceptors (Lipinski definition) is 4. The molecule has 5 nitrogen and oxygen atoms in total. The number of rotatable bonds is 6. The Labute approximate surface area is 144 Å². The Hall–Kier alpha value is -2.54. The Kier molecular flexibility index (Phi) is 5.81. The van der Waals surface area contributed by atoms with Crippen LogP contribution in [0.15, 0.2) is 41.1 Å². The molecule has 1 aromatic carbocycles. The third-order valence-corrected chi connectivity index (χ3v) is 4.17. The van der Waals surface area contributed by atoms with Crippen LogP contribution in [0.5, 0.6) is 5.75 Å². The molecular weight excluding hydrogens is 302 g/mol. The lowest BCUT2D eigenvalue weighted by molar-refractivity contribution is -0.129. The van der Waals surface area contributed by atoms with Crippen molar-refractivity contribution in [2.24, 2.45) is 5.92 Å². The van der Waals surface area contributed by atoms with E-state index >= 15 is 0 Å². The zero-order valence-electron chi connectivity index (χ0n) is 13.1. The first kappa shape index (κ1) is 17.8. The Bertz CT molecular complexity index is 709. The van der Waals surface area contributed by atoms with Crippen LogP contribution in [0.2, 0.25) is 0 Å². The van der Waals surface area contributed by atoms with Gasteiger partial charge in [0.1, 0.15) is 18.4 Å². The highest BCUT2D eigenvalue weighted by atomic mass is 16.5. The third kappa shape index (κ3) is 4.05. The molecule has 0 unspecified atom stereocenters. The van der Waals surface area contributed by atoms with Crippen LogP contribution in [0.1, 0.15) is 20.8 Å². The smallest absolute Gasteiger partial charge is 0.225 e. The molecule has 0 aromatic heterocycles. The summed E-state index contributed by atoms with van der Waals surface area (Å²) < 4.78 is 5.68. The second-order valence-corrected chi connectivity index (χ2v) is 5.93. The molecule has 24 heavy (non-hydrogen) atoms. The first-order valence-electron chi connectivity index (χ1n) is 7.71. The maximum atomic E-state index is 11.5. The van der Waals surface area contributed by atoms with Crippen molar-refractivity contribution >= 4 is 5.91 Å². The van der Waals surface area contributed by atoms with Gasteiger partial charge in [-0.2, -0.15) is 5.26 Å². The van der Waals surface area contributed by atoms with E-state index in [4.69, 9.17) is 10.00 Å². The van der Waals surface area contributed by atoms with Crippen LogP contribution in [0.25, 0.3) is 0 Å². The number of amides is 1. The van der Waals surface area contributed by atoms with E-state index in [2.05, 4.69) is 22.0 Å². The summed E-state index contributed by atoms with van der Waals surface area (Å²) in [6.07, 6.45) is 0.691. The van der Waals surface area contributed by atoms with Crippen LogP contribution < -0.4 is 10.1 Å². The second kappa shape index (κ2) is 7.83. The monoisotopic (exact) mass is 327 g/mol. The second-order valence-electron chi connectivity index (χ2n) is 5.93. The zero-order valence-corrected chi connectivity index (χ0v) is 13.1. The maximum absolute atomic E-state index is 11.5. The van der Waals surface area contributed by atoms with E-state index in [-0.39, 0.29) is 20.7 Å². The number of ether oxygens (including phenoxy) is 1. The van der Waals surface area contributed by atoms with Gasteiger partial charge in [-0.05, 0) is 17.7 Å². The predicted octanol–water partition coefficient (Wildman–Crippen LogP) is 2.50. The number of hydrogen-bond donors (Lipinski definition) is 1. The van der Waals surface area contributed by atoms with Crippen molar-refractivity contribution in [2.75, 3.05) is 26.7 Å². The summed E-state index contributed by atoms with van der Waals surface area (Å²) >= 11 is 0. The summed E-state index contributed by atoms with van der Waals surface area (Å²) in [7, 11) is 1.68. The van der Waals surface area contributed by atoms with Crippen molar-refractivity contribution in [1.82, 2.24) is 10.2 Å². The molecule has 1 N–H and O–H groups in total. The topological polar surface area (TPSA) is 65.4 Å². The number of carbonyl (C=O) groups is 1. The van der Waals surface area contributed by atoms with Crippen molar-refractivity contribution in [1.29, 1.82) is 5.26 Å². The van der Waals surface area contributed by atoms with Gasteiger partial charge < -0.3 is 10.1 Å². The number of nitriles is 1. The maximum Gasteiger partial charge on any atom is 0.225 e. The number of nitrogens with zero attached hydrogens (tertiary/aromatic N) is 2. The van der Waals surface area contributed by atoms with Gasteiger partial charge in [0.15, 0.2) is 0 Å². The summed E-state index contributed by atoms with van der Waals surface area (Å²) in [4.78, 5) is 13.7. The van der Waals surface area contributed by atoms with Gasteiger partial charge in [-0.3, -0.25) is 9.69 Å². The van der Waals surface area contributed by atoms with Gasteiger partial charge in [-0.15, -0.1) is 5.73 Å². The van der Waals surface area contributed by atoms with Crippen LogP contribution in [-0.4, -0.2) is 37.6 Å². The van der Waals surface area contributed by atoms with E-state index in [1.54, 1.807) is 7.05 Å².